The number of aromatic nitrogens is 2. The zero-order valence-corrected chi connectivity index (χ0v) is 13.0. The summed E-state index contributed by atoms with van der Waals surface area (Å²) in [5.41, 5.74) is -0.813. The lowest BCUT2D eigenvalue weighted by atomic mass is 9.98. The molecule has 5 nitrogen and oxygen atoms in total. The van der Waals surface area contributed by atoms with Crippen molar-refractivity contribution in [2.24, 2.45) is 0 Å². The fourth-order valence-electron chi connectivity index (χ4n) is 2.76. The SMILES string of the molecule is CCC(CC)c1nnc(NC(=O)CC2(O)CCCC2)s1. The topological polar surface area (TPSA) is 75.1 Å². The molecule has 1 aromatic rings. The molecule has 2 N–H and O–H groups in total. The number of nitrogens with zero attached hydrogens (tertiary/aromatic N) is 2. The van der Waals surface area contributed by atoms with Crippen LogP contribution in [-0.4, -0.2) is 26.8 Å². The highest BCUT2D eigenvalue weighted by Gasteiger charge is 2.33. The third-order valence-electron chi connectivity index (χ3n) is 4.05. The maximum Gasteiger partial charge on any atom is 0.229 e. The molecule has 1 fully saturated rings. The van der Waals surface area contributed by atoms with E-state index < -0.39 is 5.60 Å². The predicted octanol–water partition coefficient (Wildman–Crippen LogP) is 3.08. The first-order valence-corrected chi connectivity index (χ1v) is 8.23. The predicted molar refractivity (Wildman–Crippen MR) is 79.9 cm³/mol. The van der Waals surface area contributed by atoms with Crippen LogP contribution in [0.2, 0.25) is 0 Å². The normalized spacial score (nSPS) is 17.6. The molecule has 0 radical (unpaired) electrons. The third kappa shape index (κ3) is 3.76. The Bertz CT molecular complexity index is 451. The third-order valence-corrected chi connectivity index (χ3v) is 5.05. The van der Waals surface area contributed by atoms with Crippen molar-refractivity contribution in [1.29, 1.82) is 0 Å². The quantitative estimate of drug-likeness (QED) is 0.846. The molecule has 0 atom stereocenters. The Morgan fingerprint density at radius 1 is 1.35 bits per heavy atom. The molecule has 0 bridgehead atoms. The van der Waals surface area contributed by atoms with Crippen LogP contribution < -0.4 is 5.32 Å². The van der Waals surface area contributed by atoms with Gasteiger partial charge in [-0.15, -0.1) is 10.2 Å². The van der Waals surface area contributed by atoms with Crippen molar-refractivity contribution in [2.75, 3.05) is 5.32 Å². The van der Waals surface area contributed by atoms with Gasteiger partial charge in [0.2, 0.25) is 11.0 Å². The molecule has 0 aliphatic heterocycles. The van der Waals surface area contributed by atoms with E-state index in [4.69, 9.17) is 0 Å². The summed E-state index contributed by atoms with van der Waals surface area (Å²) in [7, 11) is 0. The van der Waals surface area contributed by atoms with Gasteiger partial charge in [-0.05, 0) is 25.7 Å². The van der Waals surface area contributed by atoms with E-state index in [1.165, 1.54) is 11.3 Å². The monoisotopic (exact) mass is 297 g/mol. The number of carbonyl (C=O) groups is 1. The Labute approximate surface area is 123 Å². The van der Waals surface area contributed by atoms with Crippen molar-refractivity contribution in [1.82, 2.24) is 10.2 Å². The van der Waals surface area contributed by atoms with Gasteiger partial charge in [0.15, 0.2) is 0 Å². The second-order valence-corrected chi connectivity index (χ2v) is 6.62. The van der Waals surface area contributed by atoms with E-state index in [0.29, 0.717) is 11.0 Å². The highest BCUT2D eigenvalue weighted by molar-refractivity contribution is 7.15. The molecule has 1 aliphatic rings. The fraction of sp³-hybridized carbons (Fsp3) is 0.786. The van der Waals surface area contributed by atoms with Crippen LogP contribution in [0, 0.1) is 0 Å². The van der Waals surface area contributed by atoms with Crippen LogP contribution in [-0.2, 0) is 4.79 Å². The summed E-state index contributed by atoms with van der Waals surface area (Å²) >= 11 is 1.44. The van der Waals surface area contributed by atoms with Gasteiger partial charge in [0, 0.05) is 5.92 Å². The van der Waals surface area contributed by atoms with Crippen molar-refractivity contribution < 1.29 is 9.90 Å². The van der Waals surface area contributed by atoms with Gasteiger partial charge in [-0.1, -0.05) is 38.0 Å². The maximum atomic E-state index is 12.0. The first-order valence-electron chi connectivity index (χ1n) is 7.42. The van der Waals surface area contributed by atoms with Crippen LogP contribution in [0.15, 0.2) is 0 Å². The molecule has 112 valence electrons. The standard InChI is InChI=1S/C14H23N3O2S/c1-3-10(4-2)12-16-17-13(20-12)15-11(18)9-14(19)7-5-6-8-14/h10,19H,3-9H2,1-2H3,(H,15,17,18). The van der Waals surface area contributed by atoms with Gasteiger partial charge in [0.05, 0.1) is 12.0 Å². The van der Waals surface area contributed by atoms with E-state index in [1.807, 2.05) is 0 Å². The van der Waals surface area contributed by atoms with Crippen LogP contribution in [0.5, 0.6) is 0 Å². The Hall–Kier alpha value is -1.01. The van der Waals surface area contributed by atoms with Crippen LogP contribution in [0.3, 0.4) is 0 Å². The Morgan fingerprint density at radius 3 is 2.60 bits per heavy atom. The molecule has 1 aromatic heterocycles. The van der Waals surface area contributed by atoms with Crippen LogP contribution >= 0.6 is 11.3 Å². The van der Waals surface area contributed by atoms with Crippen molar-refractivity contribution in [3.05, 3.63) is 5.01 Å². The molecule has 2 rings (SSSR count). The number of amides is 1. The molecule has 1 heterocycles. The summed E-state index contributed by atoms with van der Waals surface area (Å²) in [4.78, 5) is 12.0. The molecule has 0 saturated heterocycles. The molecule has 0 aromatic carbocycles. The Balaban J connectivity index is 1.91. The molecule has 6 heteroatoms. The molecule has 1 aliphatic carbocycles. The van der Waals surface area contributed by atoms with Crippen molar-refractivity contribution in [2.45, 2.75) is 70.3 Å². The Morgan fingerprint density at radius 2 is 2.00 bits per heavy atom. The number of hydrogen-bond acceptors (Lipinski definition) is 5. The number of nitrogens with one attached hydrogen (secondary N) is 1. The fourth-order valence-corrected chi connectivity index (χ4v) is 3.79. The number of carbonyl (C=O) groups excluding carboxylic acids is 1. The number of rotatable bonds is 6. The lowest BCUT2D eigenvalue weighted by Gasteiger charge is -2.20. The summed E-state index contributed by atoms with van der Waals surface area (Å²) in [5.74, 6) is 0.249. The van der Waals surface area contributed by atoms with Gasteiger partial charge in [-0.3, -0.25) is 4.79 Å². The van der Waals surface area contributed by atoms with E-state index in [9.17, 15) is 9.90 Å². The van der Waals surface area contributed by atoms with Gasteiger partial charge < -0.3 is 10.4 Å². The average molecular weight is 297 g/mol. The number of anilines is 1. The highest BCUT2D eigenvalue weighted by Crippen LogP contribution is 2.33. The van der Waals surface area contributed by atoms with Gasteiger partial charge in [0.1, 0.15) is 5.01 Å². The molecule has 0 unspecified atom stereocenters. The lowest BCUT2D eigenvalue weighted by molar-refractivity contribution is -0.120. The van der Waals surface area contributed by atoms with E-state index in [1.54, 1.807) is 0 Å². The summed E-state index contributed by atoms with van der Waals surface area (Å²) in [6.07, 6.45) is 5.65. The minimum atomic E-state index is -0.813. The van der Waals surface area contributed by atoms with Gasteiger partial charge in [-0.25, -0.2) is 0 Å². The summed E-state index contributed by atoms with van der Waals surface area (Å²) in [6.45, 7) is 4.26. The second-order valence-electron chi connectivity index (χ2n) is 5.62. The molecule has 1 saturated carbocycles. The van der Waals surface area contributed by atoms with E-state index in [-0.39, 0.29) is 12.3 Å². The highest BCUT2D eigenvalue weighted by atomic mass is 32.1. The zero-order valence-electron chi connectivity index (χ0n) is 12.2. The summed E-state index contributed by atoms with van der Waals surface area (Å²) in [5, 5.41) is 22.7. The second kappa shape index (κ2) is 6.63. The van der Waals surface area contributed by atoms with E-state index in [2.05, 4.69) is 29.4 Å². The maximum absolute atomic E-state index is 12.0. The van der Waals surface area contributed by atoms with Gasteiger partial charge >= 0.3 is 0 Å². The molecule has 20 heavy (non-hydrogen) atoms. The summed E-state index contributed by atoms with van der Waals surface area (Å²) in [6, 6.07) is 0. The van der Waals surface area contributed by atoms with Crippen molar-refractivity contribution in [3.8, 4) is 0 Å². The first kappa shape index (κ1) is 15.4. The molecule has 0 spiro atoms. The van der Waals surface area contributed by atoms with Gasteiger partial charge in [0.25, 0.3) is 0 Å². The van der Waals surface area contributed by atoms with E-state index >= 15 is 0 Å². The lowest BCUT2D eigenvalue weighted by Crippen LogP contribution is -2.30. The molecular weight excluding hydrogens is 274 g/mol. The molecular formula is C14H23N3O2S. The zero-order chi connectivity index (χ0) is 14.6. The number of hydrogen-bond donors (Lipinski definition) is 2. The van der Waals surface area contributed by atoms with Crippen LogP contribution in [0.1, 0.15) is 69.7 Å². The minimum absolute atomic E-state index is 0.160. The largest absolute Gasteiger partial charge is 0.389 e. The average Bonchev–Trinajstić information content (AvgIpc) is 3.01. The first-order chi connectivity index (χ1) is 9.56. The minimum Gasteiger partial charge on any atom is -0.389 e. The van der Waals surface area contributed by atoms with Crippen molar-refractivity contribution in [3.63, 3.8) is 0 Å². The van der Waals surface area contributed by atoms with Crippen molar-refractivity contribution >= 4 is 22.4 Å². The smallest absolute Gasteiger partial charge is 0.229 e. The van der Waals surface area contributed by atoms with Crippen LogP contribution in [0.4, 0.5) is 5.13 Å². The summed E-state index contributed by atoms with van der Waals surface area (Å²) < 4.78 is 0. The number of aliphatic hydroxyl groups is 1. The molecule has 1 amide bonds. The van der Waals surface area contributed by atoms with Gasteiger partial charge in [-0.2, -0.15) is 0 Å². The van der Waals surface area contributed by atoms with E-state index in [0.717, 1.165) is 43.5 Å². The Kier molecular flexibility index (Phi) is 5.10. The van der Waals surface area contributed by atoms with Crippen LogP contribution in [0.25, 0.3) is 0 Å².